The minimum absolute atomic E-state index is 0.217. The summed E-state index contributed by atoms with van der Waals surface area (Å²) >= 11 is 0. The number of nitrogens with zero attached hydrogens (tertiary/aromatic N) is 4. The Labute approximate surface area is 170 Å². The second-order valence-corrected chi connectivity index (χ2v) is 7.00. The van der Waals surface area contributed by atoms with E-state index < -0.39 is 0 Å². The molecule has 0 aliphatic rings. The van der Waals surface area contributed by atoms with Crippen LogP contribution in [0.5, 0.6) is 0 Å². The molecule has 5 heteroatoms. The van der Waals surface area contributed by atoms with Crippen molar-refractivity contribution in [3.63, 3.8) is 0 Å². The molecular weight excluding hydrogens is 360 g/mol. The quantitative estimate of drug-likeness (QED) is 0.476. The van der Waals surface area contributed by atoms with Gasteiger partial charge in [0, 0.05) is 49.8 Å². The summed E-state index contributed by atoms with van der Waals surface area (Å²) in [6.45, 7) is 0.596. The first-order valence-corrected chi connectivity index (χ1v) is 9.64. The van der Waals surface area contributed by atoms with Crippen LogP contribution >= 0.6 is 0 Å². The Balaban J connectivity index is 1.56. The van der Waals surface area contributed by atoms with Crippen LogP contribution < -0.4 is 4.90 Å². The van der Waals surface area contributed by atoms with Crippen molar-refractivity contribution in [3.05, 3.63) is 84.7 Å². The zero-order chi connectivity index (χ0) is 20.1. The molecule has 2 aromatic heterocycles. The van der Waals surface area contributed by atoms with Gasteiger partial charge in [0.25, 0.3) is 0 Å². The van der Waals surface area contributed by atoms with Crippen LogP contribution in [0.2, 0.25) is 0 Å². The van der Waals surface area contributed by atoms with Gasteiger partial charge in [-0.3, -0.25) is 9.78 Å². The summed E-state index contributed by atoms with van der Waals surface area (Å²) in [7, 11) is 1.97. The number of carbonyl (C=O) groups excluding carboxylic acids is 1. The van der Waals surface area contributed by atoms with E-state index in [1.54, 1.807) is 12.4 Å². The molecule has 0 bridgehead atoms. The molecule has 0 atom stereocenters. The molecular formula is C24H22N4O. The van der Waals surface area contributed by atoms with Gasteiger partial charge in [-0.25, -0.2) is 9.97 Å². The minimum Gasteiger partial charge on any atom is -0.359 e. The van der Waals surface area contributed by atoms with Gasteiger partial charge in [0.05, 0.1) is 5.52 Å². The van der Waals surface area contributed by atoms with Gasteiger partial charge in [-0.2, -0.15) is 0 Å². The Morgan fingerprint density at radius 1 is 0.931 bits per heavy atom. The van der Waals surface area contributed by atoms with E-state index in [0.29, 0.717) is 25.2 Å². The van der Waals surface area contributed by atoms with Crippen LogP contribution in [0.15, 0.2) is 79.1 Å². The van der Waals surface area contributed by atoms with Crippen molar-refractivity contribution in [1.82, 2.24) is 15.0 Å². The van der Waals surface area contributed by atoms with Gasteiger partial charge in [-0.15, -0.1) is 0 Å². The van der Waals surface area contributed by atoms with Crippen LogP contribution in [0, 0.1) is 0 Å². The van der Waals surface area contributed by atoms with Gasteiger partial charge in [0.15, 0.2) is 5.82 Å². The molecule has 0 saturated carbocycles. The predicted octanol–water partition coefficient (Wildman–Crippen LogP) is 4.33. The lowest BCUT2D eigenvalue weighted by atomic mass is 10.1. The fourth-order valence-corrected chi connectivity index (χ4v) is 3.29. The minimum atomic E-state index is 0.217. The molecule has 5 nitrogen and oxygen atoms in total. The third-order valence-electron chi connectivity index (χ3n) is 4.83. The van der Waals surface area contributed by atoms with Crippen molar-refractivity contribution in [3.8, 4) is 11.4 Å². The van der Waals surface area contributed by atoms with Crippen molar-refractivity contribution in [2.75, 3.05) is 18.5 Å². The predicted molar refractivity (Wildman–Crippen MR) is 116 cm³/mol. The molecule has 4 aromatic rings. The summed E-state index contributed by atoms with van der Waals surface area (Å²) in [5.74, 6) is 1.67. The number of benzene rings is 2. The second kappa shape index (κ2) is 8.61. The molecule has 0 radical (unpaired) electrons. The van der Waals surface area contributed by atoms with Crippen LogP contribution in [-0.4, -0.2) is 34.3 Å². The van der Waals surface area contributed by atoms with Gasteiger partial charge in [0.1, 0.15) is 11.6 Å². The lowest BCUT2D eigenvalue weighted by Crippen LogP contribution is -2.23. The standard InChI is InChI=1S/C24H22N4O/c1-28(15-13-20(29)16-18-8-3-2-4-9-18)24-21-11-5-6-12-22(21)26-23(27-24)19-10-7-14-25-17-19/h2-12,14,17H,13,15-16H2,1H3. The Bertz CT molecular complexity index is 1110. The van der Waals surface area contributed by atoms with Crippen LogP contribution in [0.4, 0.5) is 5.82 Å². The molecule has 0 spiro atoms. The molecule has 2 aromatic carbocycles. The number of anilines is 1. The van der Waals surface area contributed by atoms with E-state index >= 15 is 0 Å². The van der Waals surface area contributed by atoms with E-state index in [1.807, 2.05) is 78.7 Å². The van der Waals surface area contributed by atoms with Crippen molar-refractivity contribution in [2.24, 2.45) is 0 Å². The van der Waals surface area contributed by atoms with Gasteiger partial charge in [0.2, 0.25) is 0 Å². The van der Waals surface area contributed by atoms with E-state index in [4.69, 9.17) is 9.97 Å². The van der Waals surface area contributed by atoms with E-state index in [1.165, 1.54) is 0 Å². The molecule has 2 heterocycles. The summed E-state index contributed by atoms with van der Waals surface area (Å²) < 4.78 is 0. The first-order chi connectivity index (χ1) is 14.2. The second-order valence-electron chi connectivity index (χ2n) is 7.00. The van der Waals surface area contributed by atoms with Crippen LogP contribution in [0.1, 0.15) is 12.0 Å². The summed E-state index contributed by atoms with van der Waals surface area (Å²) in [5, 5.41) is 0.971. The summed E-state index contributed by atoms with van der Waals surface area (Å²) in [6, 6.07) is 21.6. The number of aromatic nitrogens is 3. The molecule has 0 N–H and O–H groups in total. The van der Waals surface area contributed by atoms with Crippen molar-refractivity contribution in [2.45, 2.75) is 12.8 Å². The monoisotopic (exact) mass is 382 g/mol. The van der Waals surface area contributed by atoms with Crippen molar-refractivity contribution < 1.29 is 4.79 Å². The molecule has 0 saturated heterocycles. The first-order valence-electron chi connectivity index (χ1n) is 9.64. The van der Waals surface area contributed by atoms with Gasteiger partial charge < -0.3 is 4.90 Å². The Kier molecular flexibility index (Phi) is 5.56. The number of carbonyl (C=O) groups is 1. The molecule has 0 aliphatic carbocycles. The lowest BCUT2D eigenvalue weighted by molar-refractivity contribution is -0.118. The number of Topliss-reactive ketones (excluding diaryl/α,β-unsaturated/α-hetero) is 1. The number of para-hydroxylation sites is 1. The van der Waals surface area contributed by atoms with Crippen LogP contribution in [0.25, 0.3) is 22.3 Å². The van der Waals surface area contributed by atoms with E-state index in [9.17, 15) is 4.79 Å². The number of pyridine rings is 1. The average Bonchev–Trinajstić information content (AvgIpc) is 2.78. The van der Waals surface area contributed by atoms with Gasteiger partial charge >= 0.3 is 0 Å². The lowest BCUT2D eigenvalue weighted by Gasteiger charge is -2.20. The topological polar surface area (TPSA) is 59.0 Å². The fraction of sp³-hybridized carbons (Fsp3) is 0.167. The SMILES string of the molecule is CN(CCC(=O)Cc1ccccc1)c1nc(-c2cccnc2)nc2ccccc12. The van der Waals surface area contributed by atoms with E-state index in [-0.39, 0.29) is 5.78 Å². The summed E-state index contributed by atoms with van der Waals surface area (Å²) in [4.78, 5) is 28.1. The molecule has 0 fully saturated rings. The van der Waals surface area contributed by atoms with Gasteiger partial charge in [-0.05, 0) is 29.8 Å². The molecule has 0 aliphatic heterocycles. The average molecular weight is 382 g/mol. The highest BCUT2D eigenvalue weighted by molar-refractivity contribution is 5.91. The maximum atomic E-state index is 12.4. The number of rotatable bonds is 7. The normalized spacial score (nSPS) is 10.8. The van der Waals surface area contributed by atoms with Crippen LogP contribution in [0.3, 0.4) is 0 Å². The molecule has 0 amide bonds. The van der Waals surface area contributed by atoms with Crippen molar-refractivity contribution in [1.29, 1.82) is 0 Å². The Morgan fingerprint density at radius 3 is 2.52 bits per heavy atom. The number of ketones is 1. The molecule has 4 rings (SSSR count). The molecule has 144 valence electrons. The highest BCUT2D eigenvalue weighted by atomic mass is 16.1. The Hall–Kier alpha value is -3.60. The summed E-state index contributed by atoms with van der Waals surface area (Å²) in [5.41, 5.74) is 2.79. The number of fused-ring (bicyclic) bond motifs is 1. The number of hydrogen-bond acceptors (Lipinski definition) is 5. The zero-order valence-electron chi connectivity index (χ0n) is 16.3. The molecule has 29 heavy (non-hydrogen) atoms. The first kappa shape index (κ1) is 18.7. The maximum Gasteiger partial charge on any atom is 0.163 e. The zero-order valence-corrected chi connectivity index (χ0v) is 16.3. The Morgan fingerprint density at radius 2 is 1.72 bits per heavy atom. The highest BCUT2D eigenvalue weighted by Crippen LogP contribution is 2.26. The van der Waals surface area contributed by atoms with E-state index in [2.05, 4.69) is 4.98 Å². The van der Waals surface area contributed by atoms with Gasteiger partial charge in [-0.1, -0.05) is 42.5 Å². The highest BCUT2D eigenvalue weighted by Gasteiger charge is 2.14. The third-order valence-corrected chi connectivity index (χ3v) is 4.83. The fourth-order valence-electron chi connectivity index (χ4n) is 3.29. The smallest absolute Gasteiger partial charge is 0.163 e. The van der Waals surface area contributed by atoms with Crippen molar-refractivity contribution >= 4 is 22.5 Å². The van der Waals surface area contributed by atoms with Crippen LogP contribution in [-0.2, 0) is 11.2 Å². The molecule has 0 unspecified atom stereocenters. The summed E-state index contributed by atoms with van der Waals surface area (Å²) in [6.07, 6.45) is 4.42. The largest absolute Gasteiger partial charge is 0.359 e. The number of hydrogen-bond donors (Lipinski definition) is 0. The van der Waals surface area contributed by atoms with E-state index in [0.717, 1.165) is 27.8 Å². The maximum absolute atomic E-state index is 12.4. The third kappa shape index (κ3) is 4.46.